The summed E-state index contributed by atoms with van der Waals surface area (Å²) in [5.74, 6) is -1.66. The summed E-state index contributed by atoms with van der Waals surface area (Å²) in [4.78, 5) is 28.0. The van der Waals surface area contributed by atoms with Crippen molar-refractivity contribution in [1.82, 2.24) is 10.3 Å². The molecular weight excluding hydrogens is 292 g/mol. The van der Waals surface area contributed by atoms with E-state index in [4.69, 9.17) is 0 Å². The number of rotatable bonds is 5. The molecule has 0 saturated heterocycles. The zero-order valence-electron chi connectivity index (χ0n) is 13.4. The Kier molecular flexibility index (Phi) is 5.11. The van der Waals surface area contributed by atoms with Crippen LogP contribution in [-0.4, -0.2) is 28.0 Å². The molecule has 0 spiro atoms. The van der Waals surface area contributed by atoms with Crippen molar-refractivity contribution in [3.63, 3.8) is 0 Å². The Morgan fingerprint density at radius 2 is 1.74 bits per heavy atom. The number of pyridine rings is 1. The van der Waals surface area contributed by atoms with Crippen LogP contribution in [0.3, 0.4) is 0 Å². The molecule has 0 saturated carbocycles. The molecule has 0 radical (unpaired) electrons. The van der Waals surface area contributed by atoms with Crippen LogP contribution < -0.4 is 5.32 Å². The Balaban J connectivity index is 2.24. The lowest BCUT2D eigenvalue weighted by Gasteiger charge is -2.18. The van der Waals surface area contributed by atoms with Gasteiger partial charge in [0, 0.05) is 5.56 Å². The molecule has 0 fully saturated rings. The minimum atomic E-state index is -1.04. The van der Waals surface area contributed by atoms with Gasteiger partial charge in [-0.3, -0.25) is 9.78 Å². The van der Waals surface area contributed by atoms with Crippen LogP contribution in [-0.2, 0) is 4.79 Å². The SMILES string of the molecule is Cc1nc(-c2ccccc2)ccc1C(=O)N[C@@H](C(=O)O)C(C)C. The number of carboxylic acid groups (broad SMARTS) is 1. The highest BCUT2D eigenvalue weighted by Crippen LogP contribution is 2.18. The van der Waals surface area contributed by atoms with E-state index < -0.39 is 17.9 Å². The van der Waals surface area contributed by atoms with E-state index in [2.05, 4.69) is 10.3 Å². The Labute approximate surface area is 135 Å². The molecule has 0 unspecified atom stereocenters. The van der Waals surface area contributed by atoms with Crippen LogP contribution >= 0.6 is 0 Å². The minimum Gasteiger partial charge on any atom is -0.480 e. The van der Waals surface area contributed by atoms with Crippen LogP contribution in [0.25, 0.3) is 11.3 Å². The summed E-state index contributed by atoms with van der Waals surface area (Å²) < 4.78 is 0. The molecule has 2 aromatic rings. The number of hydrogen-bond donors (Lipinski definition) is 2. The lowest BCUT2D eigenvalue weighted by molar-refractivity contribution is -0.140. The van der Waals surface area contributed by atoms with Crippen LogP contribution in [0.5, 0.6) is 0 Å². The molecule has 1 aromatic heterocycles. The van der Waals surface area contributed by atoms with Gasteiger partial charge in [-0.25, -0.2) is 4.79 Å². The maximum atomic E-state index is 12.3. The zero-order valence-corrected chi connectivity index (χ0v) is 13.4. The van der Waals surface area contributed by atoms with Crippen molar-refractivity contribution in [2.75, 3.05) is 0 Å². The van der Waals surface area contributed by atoms with Gasteiger partial charge in [0.05, 0.1) is 17.0 Å². The van der Waals surface area contributed by atoms with Crippen molar-refractivity contribution >= 4 is 11.9 Å². The van der Waals surface area contributed by atoms with E-state index in [1.165, 1.54) is 0 Å². The summed E-state index contributed by atoms with van der Waals surface area (Å²) in [7, 11) is 0. The maximum Gasteiger partial charge on any atom is 0.326 e. The van der Waals surface area contributed by atoms with Gasteiger partial charge in [-0.2, -0.15) is 0 Å². The number of aliphatic carboxylic acids is 1. The first-order valence-electron chi connectivity index (χ1n) is 7.47. The molecule has 23 heavy (non-hydrogen) atoms. The number of hydrogen-bond acceptors (Lipinski definition) is 3. The van der Waals surface area contributed by atoms with Gasteiger partial charge in [0.2, 0.25) is 0 Å². The van der Waals surface area contributed by atoms with Crippen molar-refractivity contribution < 1.29 is 14.7 Å². The van der Waals surface area contributed by atoms with Crippen LogP contribution in [0.4, 0.5) is 0 Å². The van der Waals surface area contributed by atoms with Crippen LogP contribution in [0.1, 0.15) is 29.9 Å². The average molecular weight is 312 g/mol. The predicted molar refractivity (Wildman–Crippen MR) is 88.1 cm³/mol. The van der Waals surface area contributed by atoms with Crippen molar-refractivity contribution in [1.29, 1.82) is 0 Å². The molecule has 1 atom stereocenters. The van der Waals surface area contributed by atoms with Gasteiger partial charge in [-0.05, 0) is 25.0 Å². The monoisotopic (exact) mass is 312 g/mol. The highest BCUT2D eigenvalue weighted by Gasteiger charge is 2.24. The Morgan fingerprint density at radius 1 is 1.09 bits per heavy atom. The normalized spacial score (nSPS) is 12.0. The standard InChI is InChI=1S/C18H20N2O3/c1-11(2)16(18(22)23)20-17(21)14-9-10-15(19-12(14)3)13-7-5-4-6-8-13/h4-11,16H,1-3H3,(H,20,21)(H,22,23)/t16-/m1/s1. The summed E-state index contributed by atoms with van der Waals surface area (Å²) >= 11 is 0. The van der Waals surface area contributed by atoms with E-state index >= 15 is 0 Å². The summed E-state index contributed by atoms with van der Waals surface area (Å²) in [6.07, 6.45) is 0. The lowest BCUT2D eigenvalue weighted by Crippen LogP contribution is -2.44. The van der Waals surface area contributed by atoms with Gasteiger partial charge in [0.1, 0.15) is 6.04 Å². The van der Waals surface area contributed by atoms with E-state index in [0.29, 0.717) is 11.3 Å². The van der Waals surface area contributed by atoms with Gasteiger partial charge in [0.25, 0.3) is 5.91 Å². The number of nitrogens with zero attached hydrogens (tertiary/aromatic N) is 1. The van der Waals surface area contributed by atoms with E-state index in [1.54, 1.807) is 32.9 Å². The molecule has 1 amide bonds. The first kappa shape index (κ1) is 16.7. The van der Waals surface area contributed by atoms with Crippen LogP contribution in [0.2, 0.25) is 0 Å². The van der Waals surface area contributed by atoms with Gasteiger partial charge >= 0.3 is 5.97 Å². The largest absolute Gasteiger partial charge is 0.480 e. The predicted octanol–water partition coefficient (Wildman–Crippen LogP) is 2.90. The quantitative estimate of drug-likeness (QED) is 0.889. The molecule has 0 aliphatic heterocycles. The van der Waals surface area contributed by atoms with E-state index in [9.17, 15) is 14.7 Å². The third-order valence-corrected chi connectivity index (χ3v) is 3.62. The van der Waals surface area contributed by atoms with E-state index in [-0.39, 0.29) is 5.92 Å². The molecule has 1 heterocycles. The molecule has 120 valence electrons. The maximum absolute atomic E-state index is 12.3. The molecular formula is C18H20N2O3. The van der Waals surface area contributed by atoms with Crippen LogP contribution in [0.15, 0.2) is 42.5 Å². The fraction of sp³-hybridized carbons (Fsp3) is 0.278. The third kappa shape index (κ3) is 3.94. The molecule has 0 bridgehead atoms. The first-order valence-corrected chi connectivity index (χ1v) is 7.47. The van der Waals surface area contributed by atoms with Gasteiger partial charge in [-0.15, -0.1) is 0 Å². The number of benzene rings is 1. The average Bonchev–Trinajstić information content (AvgIpc) is 2.52. The molecule has 5 nitrogen and oxygen atoms in total. The second kappa shape index (κ2) is 7.05. The summed E-state index contributed by atoms with van der Waals surface area (Å²) in [5.41, 5.74) is 2.69. The smallest absolute Gasteiger partial charge is 0.326 e. The number of nitrogens with one attached hydrogen (secondary N) is 1. The number of aryl methyl sites for hydroxylation is 1. The third-order valence-electron chi connectivity index (χ3n) is 3.62. The summed E-state index contributed by atoms with van der Waals surface area (Å²) in [6.45, 7) is 5.25. The topological polar surface area (TPSA) is 79.3 Å². The second-order valence-corrected chi connectivity index (χ2v) is 5.73. The van der Waals surface area contributed by atoms with E-state index in [0.717, 1.165) is 11.3 Å². The van der Waals surface area contributed by atoms with Crippen molar-refractivity contribution in [3.05, 3.63) is 53.7 Å². The molecule has 2 rings (SSSR count). The second-order valence-electron chi connectivity index (χ2n) is 5.73. The number of carboxylic acids is 1. The lowest BCUT2D eigenvalue weighted by atomic mass is 10.0. The van der Waals surface area contributed by atoms with Crippen LogP contribution in [0, 0.1) is 12.8 Å². The first-order chi connectivity index (χ1) is 10.9. The Hall–Kier alpha value is -2.69. The highest BCUT2D eigenvalue weighted by atomic mass is 16.4. The number of carbonyl (C=O) groups excluding carboxylic acids is 1. The van der Waals surface area contributed by atoms with Gasteiger partial charge in [0.15, 0.2) is 0 Å². The Bertz CT molecular complexity index is 711. The summed E-state index contributed by atoms with van der Waals surface area (Å²) in [5, 5.41) is 11.7. The zero-order chi connectivity index (χ0) is 17.0. The highest BCUT2D eigenvalue weighted by molar-refractivity contribution is 5.97. The van der Waals surface area contributed by atoms with Gasteiger partial charge < -0.3 is 10.4 Å². The molecule has 0 aliphatic rings. The van der Waals surface area contributed by atoms with Gasteiger partial charge in [-0.1, -0.05) is 44.2 Å². The fourth-order valence-electron chi connectivity index (χ4n) is 2.30. The number of amides is 1. The molecule has 0 aliphatic carbocycles. The molecule has 1 aromatic carbocycles. The number of carbonyl (C=O) groups is 2. The summed E-state index contributed by atoms with van der Waals surface area (Å²) in [6, 6.07) is 12.2. The van der Waals surface area contributed by atoms with E-state index in [1.807, 2.05) is 30.3 Å². The molecule has 2 N–H and O–H groups in total. The molecule has 5 heteroatoms. The van der Waals surface area contributed by atoms with Crippen molar-refractivity contribution in [2.45, 2.75) is 26.8 Å². The number of aromatic nitrogens is 1. The fourth-order valence-corrected chi connectivity index (χ4v) is 2.30. The minimum absolute atomic E-state index is 0.201. The van der Waals surface area contributed by atoms with Crippen molar-refractivity contribution in [3.8, 4) is 11.3 Å². The van der Waals surface area contributed by atoms with Crippen molar-refractivity contribution in [2.24, 2.45) is 5.92 Å². The Morgan fingerprint density at radius 3 is 2.26 bits per heavy atom.